The molecule has 1 heterocycles. The average molecular weight is 364 g/mol. The van der Waals surface area contributed by atoms with E-state index < -0.39 is 23.7 Å². The van der Waals surface area contributed by atoms with Crippen LogP contribution >= 0.6 is 0 Å². The van der Waals surface area contributed by atoms with Gasteiger partial charge in [-0.05, 0) is 48.9 Å². The predicted molar refractivity (Wildman–Crippen MR) is 89.7 cm³/mol. The number of halogens is 3. The lowest BCUT2D eigenvalue weighted by atomic mass is 10.1. The van der Waals surface area contributed by atoms with Crippen LogP contribution in [-0.4, -0.2) is 30.2 Å². The van der Waals surface area contributed by atoms with Gasteiger partial charge in [-0.1, -0.05) is 6.07 Å². The fourth-order valence-electron chi connectivity index (χ4n) is 2.86. The minimum absolute atomic E-state index is 0.0615. The Kier molecular flexibility index (Phi) is 4.35. The van der Waals surface area contributed by atoms with Crippen LogP contribution in [0.5, 0.6) is 0 Å². The summed E-state index contributed by atoms with van der Waals surface area (Å²) in [5.41, 5.74) is 0.848. The first kappa shape index (κ1) is 17.8. The van der Waals surface area contributed by atoms with Crippen molar-refractivity contribution in [1.29, 1.82) is 0 Å². The molecule has 0 radical (unpaired) electrons. The van der Waals surface area contributed by atoms with Gasteiger partial charge in [0.15, 0.2) is 0 Å². The fraction of sp³-hybridized carbons (Fsp3) is 0.222. The Morgan fingerprint density at radius 2 is 1.65 bits per heavy atom. The maximum atomic E-state index is 12.7. The van der Waals surface area contributed by atoms with Gasteiger partial charge in [0.05, 0.1) is 11.1 Å². The van der Waals surface area contributed by atoms with Crippen molar-refractivity contribution in [2.24, 2.45) is 0 Å². The van der Waals surface area contributed by atoms with Gasteiger partial charge in [0.25, 0.3) is 0 Å². The molecule has 1 aliphatic heterocycles. The Bertz CT molecular complexity index is 863. The molecule has 1 aliphatic rings. The molecule has 1 N–H and O–H groups in total. The summed E-state index contributed by atoms with van der Waals surface area (Å²) in [5, 5.41) is 9.12. The van der Waals surface area contributed by atoms with Crippen molar-refractivity contribution in [3.8, 4) is 0 Å². The van der Waals surface area contributed by atoms with Crippen molar-refractivity contribution in [2.75, 3.05) is 22.9 Å². The molecule has 2 aromatic rings. The van der Waals surface area contributed by atoms with E-state index in [0.29, 0.717) is 24.5 Å². The largest absolute Gasteiger partial charge is 0.478 e. The van der Waals surface area contributed by atoms with Crippen LogP contribution in [0.25, 0.3) is 0 Å². The topological polar surface area (TPSA) is 60.9 Å². The van der Waals surface area contributed by atoms with Gasteiger partial charge in [-0.25, -0.2) is 9.59 Å². The van der Waals surface area contributed by atoms with Crippen LogP contribution < -0.4 is 9.80 Å². The summed E-state index contributed by atoms with van der Waals surface area (Å²) in [5.74, 6) is -1.10. The van der Waals surface area contributed by atoms with Crippen LogP contribution in [0.3, 0.4) is 0 Å². The van der Waals surface area contributed by atoms with Crippen molar-refractivity contribution in [3.05, 3.63) is 59.2 Å². The third kappa shape index (κ3) is 3.22. The summed E-state index contributed by atoms with van der Waals surface area (Å²) in [6.07, 6.45) is -4.44. The van der Waals surface area contributed by atoms with E-state index in [1.807, 2.05) is 0 Å². The standard InChI is InChI=1S/C18H15F3N2O3/c1-11-2-3-12(16(24)25)10-15(11)23-9-8-22(17(23)26)14-6-4-13(5-7-14)18(19,20)21/h2-7,10H,8-9H2,1H3,(H,24,25). The SMILES string of the molecule is Cc1ccc(C(=O)O)cc1N1CCN(c2ccc(C(F)(F)F)cc2)C1=O. The van der Waals surface area contributed by atoms with Crippen LogP contribution in [0.2, 0.25) is 0 Å². The smallest absolute Gasteiger partial charge is 0.416 e. The molecule has 26 heavy (non-hydrogen) atoms. The monoisotopic (exact) mass is 364 g/mol. The van der Waals surface area contributed by atoms with Crippen molar-refractivity contribution >= 4 is 23.4 Å². The number of anilines is 2. The van der Waals surface area contributed by atoms with Crippen LogP contribution in [-0.2, 0) is 6.18 Å². The number of rotatable bonds is 3. The van der Waals surface area contributed by atoms with Crippen molar-refractivity contribution in [2.45, 2.75) is 13.1 Å². The zero-order valence-electron chi connectivity index (χ0n) is 13.7. The van der Waals surface area contributed by atoms with E-state index in [4.69, 9.17) is 5.11 Å². The Morgan fingerprint density at radius 1 is 1.04 bits per heavy atom. The van der Waals surface area contributed by atoms with Gasteiger partial charge in [0.1, 0.15) is 0 Å². The van der Waals surface area contributed by atoms with Crippen LogP contribution in [0.15, 0.2) is 42.5 Å². The zero-order valence-corrected chi connectivity index (χ0v) is 13.7. The molecule has 0 atom stereocenters. The minimum atomic E-state index is -4.44. The normalized spacial score (nSPS) is 14.8. The number of benzene rings is 2. The highest BCUT2D eigenvalue weighted by molar-refractivity contribution is 6.07. The van der Waals surface area contributed by atoms with Crippen LogP contribution in [0, 0.1) is 6.92 Å². The summed E-state index contributed by atoms with van der Waals surface area (Å²) >= 11 is 0. The highest BCUT2D eigenvalue weighted by Crippen LogP contribution is 2.32. The second-order valence-corrected chi connectivity index (χ2v) is 5.94. The summed E-state index contributed by atoms with van der Waals surface area (Å²) < 4.78 is 38.0. The molecule has 1 fully saturated rings. The molecule has 2 aromatic carbocycles. The zero-order chi connectivity index (χ0) is 19.1. The molecule has 1 saturated heterocycles. The summed E-state index contributed by atoms with van der Waals surface area (Å²) in [4.78, 5) is 26.7. The third-order valence-electron chi connectivity index (χ3n) is 4.26. The fourth-order valence-corrected chi connectivity index (χ4v) is 2.86. The predicted octanol–water partition coefficient (Wildman–Crippen LogP) is 4.16. The molecule has 0 bridgehead atoms. The Morgan fingerprint density at radius 3 is 2.23 bits per heavy atom. The minimum Gasteiger partial charge on any atom is -0.478 e. The van der Waals surface area contributed by atoms with Gasteiger partial charge in [-0.15, -0.1) is 0 Å². The number of urea groups is 1. The molecule has 0 aliphatic carbocycles. The molecular formula is C18H15F3N2O3. The van der Waals surface area contributed by atoms with E-state index in [0.717, 1.165) is 17.7 Å². The highest BCUT2D eigenvalue weighted by Gasteiger charge is 2.33. The number of carbonyl (C=O) groups is 2. The van der Waals surface area contributed by atoms with Gasteiger partial charge in [-0.3, -0.25) is 9.80 Å². The maximum absolute atomic E-state index is 12.7. The first-order valence-corrected chi connectivity index (χ1v) is 7.79. The molecule has 0 saturated carbocycles. The number of aromatic carboxylic acids is 1. The lowest BCUT2D eigenvalue weighted by molar-refractivity contribution is -0.137. The maximum Gasteiger partial charge on any atom is 0.416 e. The molecular weight excluding hydrogens is 349 g/mol. The molecule has 136 valence electrons. The van der Waals surface area contributed by atoms with Crippen molar-refractivity contribution < 1.29 is 27.9 Å². The average Bonchev–Trinajstić information content (AvgIpc) is 2.96. The molecule has 0 unspecified atom stereocenters. The van der Waals surface area contributed by atoms with Gasteiger partial charge in [-0.2, -0.15) is 13.2 Å². The third-order valence-corrected chi connectivity index (χ3v) is 4.26. The number of carboxylic acid groups (broad SMARTS) is 1. The summed E-state index contributed by atoms with van der Waals surface area (Å²) in [6, 6.07) is 8.46. The van der Waals surface area contributed by atoms with Crippen LogP contribution in [0.1, 0.15) is 21.5 Å². The first-order valence-electron chi connectivity index (χ1n) is 7.79. The Labute approximate surface area is 147 Å². The number of aryl methyl sites for hydroxylation is 1. The van der Waals surface area contributed by atoms with Crippen molar-refractivity contribution in [3.63, 3.8) is 0 Å². The van der Waals surface area contributed by atoms with Crippen molar-refractivity contribution in [1.82, 2.24) is 0 Å². The molecule has 3 rings (SSSR count). The lowest BCUT2D eigenvalue weighted by Crippen LogP contribution is -2.32. The number of hydrogen-bond donors (Lipinski definition) is 1. The van der Waals surface area contributed by atoms with E-state index in [9.17, 15) is 22.8 Å². The van der Waals surface area contributed by atoms with Gasteiger partial charge >= 0.3 is 18.2 Å². The second kappa shape index (κ2) is 6.36. The van der Waals surface area contributed by atoms with Crippen LogP contribution in [0.4, 0.5) is 29.3 Å². The molecule has 0 aromatic heterocycles. The number of alkyl halides is 3. The van der Waals surface area contributed by atoms with Gasteiger partial charge in [0, 0.05) is 24.5 Å². The quantitative estimate of drug-likeness (QED) is 0.890. The number of carbonyl (C=O) groups excluding carboxylic acids is 1. The summed E-state index contributed by atoms with van der Waals surface area (Å²) in [6.45, 7) is 2.36. The number of nitrogens with zero attached hydrogens (tertiary/aromatic N) is 2. The van der Waals surface area contributed by atoms with E-state index in [1.165, 1.54) is 34.1 Å². The van der Waals surface area contributed by atoms with E-state index in [2.05, 4.69) is 0 Å². The lowest BCUT2D eigenvalue weighted by Gasteiger charge is -2.21. The summed E-state index contributed by atoms with van der Waals surface area (Å²) in [7, 11) is 0. The second-order valence-electron chi connectivity index (χ2n) is 5.94. The van der Waals surface area contributed by atoms with Gasteiger partial charge in [0.2, 0.25) is 0 Å². The highest BCUT2D eigenvalue weighted by atomic mass is 19.4. The Hall–Kier alpha value is -3.03. The van der Waals surface area contributed by atoms with E-state index in [1.54, 1.807) is 13.0 Å². The van der Waals surface area contributed by atoms with E-state index in [-0.39, 0.29) is 5.56 Å². The molecule has 8 heteroatoms. The molecule has 0 spiro atoms. The Balaban J connectivity index is 1.87. The molecule has 5 nitrogen and oxygen atoms in total. The van der Waals surface area contributed by atoms with E-state index >= 15 is 0 Å². The number of carboxylic acids is 1. The number of amides is 2. The first-order chi connectivity index (χ1) is 12.2. The molecule has 2 amide bonds. The number of hydrogen-bond acceptors (Lipinski definition) is 2. The van der Waals surface area contributed by atoms with Gasteiger partial charge < -0.3 is 5.11 Å².